The highest BCUT2D eigenvalue weighted by atomic mass is 16.2. The van der Waals surface area contributed by atoms with Crippen LogP contribution < -0.4 is 10.2 Å². The van der Waals surface area contributed by atoms with Crippen LogP contribution in [0.3, 0.4) is 0 Å². The molecule has 1 aliphatic heterocycles. The first-order chi connectivity index (χ1) is 13.1. The van der Waals surface area contributed by atoms with Crippen molar-refractivity contribution in [2.75, 3.05) is 10.2 Å². The van der Waals surface area contributed by atoms with E-state index < -0.39 is 0 Å². The molecule has 0 unspecified atom stereocenters. The van der Waals surface area contributed by atoms with E-state index in [1.165, 1.54) is 4.90 Å². The quantitative estimate of drug-likeness (QED) is 0.785. The second-order valence-electron chi connectivity index (χ2n) is 6.42. The topological polar surface area (TPSA) is 66.5 Å². The highest BCUT2D eigenvalue weighted by molar-refractivity contribution is 6.16. The van der Waals surface area contributed by atoms with Gasteiger partial charge in [-0.05, 0) is 42.7 Å². The molecule has 1 aliphatic rings. The summed E-state index contributed by atoms with van der Waals surface area (Å²) in [5.41, 5.74) is 2.30. The minimum Gasteiger partial charge on any atom is -0.326 e. The van der Waals surface area contributed by atoms with Gasteiger partial charge in [0, 0.05) is 24.9 Å². The second-order valence-corrected chi connectivity index (χ2v) is 6.42. The maximum absolute atomic E-state index is 12.1. The molecule has 1 N–H and O–H groups in total. The van der Waals surface area contributed by atoms with Gasteiger partial charge in [0.1, 0.15) is 0 Å². The summed E-state index contributed by atoms with van der Waals surface area (Å²) in [6.45, 7) is 0. The van der Waals surface area contributed by atoms with Crippen LogP contribution in [0.25, 0.3) is 6.08 Å². The number of nitrogens with one attached hydrogen (secondary N) is 1. The number of hydrogen-bond acceptors (Lipinski definition) is 3. The van der Waals surface area contributed by atoms with Crippen LogP contribution >= 0.6 is 0 Å². The van der Waals surface area contributed by atoms with Crippen molar-refractivity contribution in [3.05, 3.63) is 66.2 Å². The first-order valence-electron chi connectivity index (χ1n) is 9.11. The molecule has 0 bridgehead atoms. The Morgan fingerprint density at radius 2 is 1.63 bits per heavy atom. The number of amides is 3. The lowest BCUT2D eigenvalue weighted by Crippen LogP contribution is -2.40. The molecule has 1 fully saturated rings. The number of hydrogen-bond donors (Lipinski definition) is 1. The average Bonchev–Trinajstić information content (AvgIpc) is 2.67. The molecule has 3 amide bonds. The number of imide groups is 1. The van der Waals surface area contributed by atoms with E-state index in [0.29, 0.717) is 43.5 Å². The monoisotopic (exact) mass is 362 g/mol. The van der Waals surface area contributed by atoms with Crippen molar-refractivity contribution < 1.29 is 14.4 Å². The Morgan fingerprint density at radius 3 is 2.30 bits per heavy atom. The fraction of sp³-hybridized carbons (Fsp3) is 0.227. The molecule has 27 heavy (non-hydrogen) atoms. The lowest BCUT2D eigenvalue weighted by atomic mass is 10.1. The average molecular weight is 362 g/mol. The fourth-order valence-corrected chi connectivity index (χ4v) is 2.96. The molecular weight excluding hydrogens is 340 g/mol. The highest BCUT2D eigenvalue weighted by Crippen LogP contribution is 2.23. The first kappa shape index (κ1) is 18.6. The van der Waals surface area contributed by atoms with E-state index in [2.05, 4.69) is 5.32 Å². The number of allylic oxidation sites excluding steroid dienone is 1. The summed E-state index contributed by atoms with van der Waals surface area (Å²) < 4.78 is 0. The molecule has 2 aromatic rings. The number of piperidine rings is 1. The summed E-state index contributed by atoms with van der Waals surface area (Å²) in [5.74, 6) is -0.424. The van der Waals surface area contributed by atoms with Gasteiger partial charge in [-0.25, -0.2) is 0 Å². The van der Waals surface area contributed by atoms with Gasteiger partial charge >= 0.3 is 0 Å². The predicted molar refractivity (Wildman–Crippen MR) is 106 cm³/mol. The van der Waals surface area contributed by atoms with E-state index in [1.807, 2.05) is 42.5 Å². The van der Waals surface area contributed by atoms with E-state index >= 15 is 0 Å². The smallest absolute Gasteiger partial charge is 0.233 e. The normalized spacial score (nSPS) is 14.6. The van der Waals surface area contributed by atoms with Crippen LogP contribution in [0.5, 0.6) is 0 Å². The summed E-state index contributed by atoms with van der Waals surface area (Å²) in [5, 5.41) is 2.83. The number of rotatable bonds is 6. The lowest BCUT2D eigenvalue weighted by molar-refractivity contribution is -0.129. The molecule has 5 nitrogen and oxygen atoms in total. The van der Waals surface area contributed by atoms with Crippen molar-refractivity contribution in [2.45, 2.75) is 32.1 Å². The molecule has 0 radical (unpaired) electrons. The Bertz CT molecular complexity index is 826. The lowest BCUT2D eigenvalue weighted by Gasteiger charge is -2.24. The zero-order valence-corrected chi connectivity index (χ0v) is 15.1. The van der Waals surface area contributed by atoms with Crippen LogP contribution in [0.2, 0.25) is 0 Å². The molecule has 0 aromatic heterocycles. The molecule has 2 aromatic carbocycles. The molecule has 5 heteroatoms. The van der Waals surface area contributed by atoms with Crippen LogP contribution in [-0.2, 0) is 14.4 Å². The van der Waals surface area contributed by atoms with Crippen LogP contribution in [0.1, 0.15) is 37.7 Å². The van der Waals surface area contributed by atoms with Crippen molar-refractivity contribution in [2.24, 2.45) is 0 Å². The molecule has 1 heterocycles. The number of anilines is 2. The molecule has 138 valence electrons. The molecule has 0 atom stereocenters. The highest BCUT2D eigenvalue weighted by Gasteiger charge is 2.27. The zero-order valence-electron chi connectivity index (χ0n) is 15.1. The van der Waals surface area contributed by atoms with E-state index in [0.717, 1.165) is 5.56 Å². The largest absolute Gasteiger partial charge is 0.326 e. The SMILES string of the molecule is O=C(CCC=Cc1ccccc1)Nc1ccc(N2C(=O)CCCC2=O)cc1. The van der Waals surface area contributed by atoms with Crippen LogP contribution in [0, 0.1) is 0 Å². The van der Waals surface area contributed by atoms with Gasteiger partial charge in [0.25, 0.3) is 0 Å². The van der Waals surface area contributed by atoms with Gasteiger partial charge in [0.15, 0.2) is 0 Å². The minimum atomic E-state index is -0.173. The van der Waals surface area contributed by atoms with Gasteiger partial charge in [-0.1, -0.05) is 42.5 Å². The van der Waals surface area contributed by atoms with Crippen LogP contribution in [0.4, 0.5) is 11.4 Å². The standard InChI is InChI=1S/C22H22N2O3/c25-20(10-5-4-9-17-7-2-1-3-8-17)23-18-13-15-19(16-14-18)24-21(26)11-6-12-22(24)27/h1-4,7-9,13-16H,5-6,10-12H2,(H,23,25). The third kappa shape index (κ3) is 5.14. The Balaban J connectivity index is 1.50. The molecule has 0 saturated carbocycles. The van der Waals surface area contributed by atoms with Crippen LogP contribution in [-0.4, -0.2) is 17.7 Å². The summed E-state index contributed by atoms with van der Waals surface area (Å²) in [4.78, 5) is 37.2. The van der Waals surface area contributed by atoms with Crippen molar-refractivity contribution in [3.8, 4) is 0 Å². The minimum absolute atomic E-state index is 0.0782. The number of benzene rings is 2. The van der Waals surface area contributed by atoms with Crippen molar-refractivity contribution in [1.29, 1.82) is 0 Å². The van der Waals surface area contributed by atoms with Gasteiger partial charge < -0.3 is 5.32 Å². The van der Waals surface area contributed by atoms with Crippen molar-refractivity contribution in [1.82, 2.24) is 0 Å². The molecule has 0 aliphatic carbocycles. The summed E-state index contributed by atoms with van der Waals surface area (Å²) in [7, 11) is 0. The maximum atomic E-state index is 12.1. The third-order valence-corrected chi connectivity index (χ3v) is 4.34. The van der Waals surface area contributed by atoms with E-state index in [1.54, 1.807) is 24.3 Å². The van der Waals surface area contributed by atoms with E-state index in [9.17, 15) is 14.4 Å². The summed E-state index contributed by atoms with van der Waals surface area (Å²) in [6.07, 6.45) is 6.40. The number of carbonyl (C=O) groups excluding carboxylic acids is 3. The molecular formula is C22H22N2O3. The Labute approximate surface area is 158 Å². The van der Waals surface area contributed by atoms with Gasteiger partial charge in [0.2, 0.25) is 17.7 Å². The molecule has 0 spiro atoms. The van der Waals surface area contributed by atoms with Crippen LogP contribution in [0.15, 0.2) is 60.7 Å². The Kier molecular flexibility index (Phi) is 6.15. The molecule has 1 saturated heterocycles. The number of carbonyl (C=O) groups is 3. The second kappa shape index (κ2) is 8.94. The first-order valence-corrected chi connectivity index (χ1v) is 9.11. The van der Waals surface area contributed by atoms with E-state index in [4.69, 9.17) is 0 Å². The fourth-order valence-electron chi connectivity index (χ4n) is 2.96. The zero-order chi connectivity index (χ0) is 19.1. The van der Waals surface area contributed by atoms with E-state index in [-0.39, 0.29) is 17.7 Å². The third-order valence-electron chi connectivity index (χ3n) is 4.34. The van der Waals surface area contributed by atoms with Crippen molar-refractivity contribution in [3.63, 3.8) is 0 Å². The number of nitrogens with zero attached hydrogens (tertiary/aromatic N) is 1. The van der Waals surface area contributed by atoms with Crippen molar-refractivity contribution >= 4 is 35.2 Å². The Morgan fingerprint density at radius 1 is 0.963 bits per heavy atom. The van der Waals surface area contributed by atoms with Gasteiger partial charge in [0.05, 0.1) is 5.69 Å². The van der Waals surface area contributed by atoms with Gasteiger partial charge in [-0.15, -0.1) is 0 Å². The summed E-state index contributed by atoms with van der Waals surface area (Å²) >= 11 is 0. The maximum Gasteiger partial charge on any atom is 0.233 e. The Hall–Kier alpha value is -3.21. The molecule has 3 rings (SSSR count). The van der Waals surface area contributed by atoms with Gasteiger partial charge in [-0.3, -0.25) is 19.3 Å². The predicted octanol–water partition coefficient (Wildman–Crippen LogP) is 4.16. The van der Waals surface area contributed by atoms with Gasteiger partial charge in [-0.2, -0.15) is 0 Å². The summed E-state index contributed by atoms with van der Waals surface area (Å²) in [6, 6.07) is 16.7.